The largest absolute Gasteiger partial charge is 0.383 e. The van der Waals surface area contributed by atoms with Gasteiger partial charge in [0.15, 0.2) is 0 Å². The Labute approximate surface area is 132 Å². The first-order chi connectivity index (χ1) is 9.99. The molecular formula is C11H8Cl2N6OS. The molecule has 0 fully saturated rings. The van der Waals surface area contributed by atoms with Crippen LogP contribution in [0, 0.1) is 0 Å². The van der Waals surface area contributed by atoms with Gasteiger partial charge in [0.05, 0.1) is 33.3 Å². The van der Waals surface area contributed by atoms with Crippen molar-refractivity contribution in [1.82, 2.24) is 9.78 Å². The number of fused-ring (bicyclic) bond motifs is 1. The van der Waals surface area contributed by atoms with Crippen LogP contribution in [0.5, 0.6) is 0 Å². The van der Waals surface area contributed by atoms with E-state index in [1.807, 2.05) is 0 Å². The number of aromatic nitrogens is 2. The third-order valence-corrected chi connectivity index (χ3v) is 4.03. The minimum absolute atomic E-state index is 0.250. The first kappa shape index (κ1) is 14.1. The summed E-state index contributed by atoms with van der Waals surface area (Å²) < 4.78 is 9.58. The van der Waals surface area contributed by atoms with Gasteiger partial charge in [-0.05, 0) is 6.07 Å². The standard InChI is InChI=1S/C11H8Cl2N6OS/c1-19-10(14)4(3-15-19)11(20)16-7-5(12)2-6(13)8-9(7)18-21-17-8/h2-3H,14H2,1H3,(H,16,20). The summed E-state index contributed by atoms with van der Waals surface area (Å²) in [5, 5.41) is 7.25. The predicted octanol–water partition coefficient (Wildman–Crippen LogP) is 3.29. The van der Waals surface area contributed by atoms with Crippen LogP contribution in [0.2, 0.25) is 10.0 Å². The van der Waals surface area contributed by atoms with E-state index in [-0.39, 0.29) is 16.4 Å². The molecule has 1 aliphatic rings. The second-order valence-corrected chi connectivity index (χ2v) is 5.54. The highest BCUT2D eigenvalue weighted by molar-refractivity contribution is 7.58. The average Bonchev–Trinajstić information content (AvgIpc) is 3.03. The summed E-state index contributed by atoms with van der Waals surface area (Å²) in [5.74, 6) is -0.177. The lowest BCUT2D eigenvalue weighted by molar-refractivity contribution is 0.102. The molecule has 108 valence electrons. The number of nitrogens with zero attached hydrogens (tertiary/aromatic N) is 4. The first-order valence-corrected chi connectivity index (χ1v) is 7.16. The number of nitrogens with one attached hydrogen (secondary N) is 1. The molecular weight excluding hydrogens is 335 g/mol. The minimum atomic E-state index is -0.431. The number of halogens is 2. The number of hydrogen-bond acceptors (Lipinski definition) is 5. The second kappa shape index (κ2) is 5.14. The number of benzene rings is 1. The molecule has 0 saturated heterocycles. The van der Waals surface area contributed by atoms with Gasteiger partial charge in [-0.15, -0.1) is 0 Å². The van der Waals surface area contributed by atoms with Crippen molar-refractivity contribution in [2.24, 2.45) is 15.8 Å². The van der Waals surface area contributed by atoms with E-state index in [9.17, 15) is 4.79 Å². The number of hydrogen-bond donors (Lipinski definition) is 2. The van der Waals surface area contributed by atoms with Crippen LogP contribution in [-0.2, 0) is 18.4 Å². The smallest absolute Gasteiger partial charge is 0.261 e. The number of nitrogens with two attached hydrogens (primary N) is 1. The van der Waals surface area contributed by atoms with Crippen molar-refractivity contribution < 1.29 is 4.79 Å². The van der Waals surface area contributed by atoms with Gasteiger partial charge in [0.25, 0.3) is 5.91 Å². The third kappa shape index (κ3) is 2.31. The van der Waals surface area contributed by atoms with E-state index in [1.165, 1.54) is 16.9 Å². The summed E-state index contributed by atoms with van der Waals surface area (Å²) in [6, 6.07) is 1.51. The third-order valence-electron chi connectivity index (χ3n) is 2.91. The topological polar surface area (TPSA) is 97.7 Å². The lowest BCUT2D eigenvalue weighted by Gasteiger charge is -2.10. The average molecular weight is 343 g/mol. The summed E-state index contributed by atoms with van der Waals surface area (Å²) in [7, 11) is 1.64. The molecule has 21 heavy (non-hydrogen) atoms. The van der Waals surface area contributed by atoms with Gasteiger partial charge in [0.2, 0.25) is 0 Å². The maximum absolute atomic E-state index is 12.3. The minimum Gasteiger partial charge on any atom is -0.383 e. The van der Waals surface area contributed by atoms with Crippen molar-refractivity contribution in [1.29, 1.82) is 0 Å². The number of aryl methyl sites for hydroxylation is 1. The molecule has 1 amide bonds. The van der Waals surface area contributed by atoms with Crippen LogP contribution in [0.4, 0.5) is 22.9 Å². The fourth-order valence-electron chi connectivity index (χ4n) is 1.80. The molecule has 2 heterocycles. The van der Waals surface area contributed by atoms with E-state index >= 15 is 0 Å². The number of anilines is 2. The Morgan fingerprint density at radius 1 is 1.33 bits per heavy atom. The molecule has 0 saturated carbocycles. The van der Waals surface area contributed by atoms with Crippen molar-refractivity contribution >= 4 is 63.3 Å². The molecule has 7 nitrogen and oxygen atoms in total. The van der Waals surface area contributed by atoms with Crippen molar-refractivity contribution in [3.05, 3.63) is 27.9 Å². The molecule has 1 aliphatic heterocycles. The highest BCUT2D eigenvalue weighted by Crippen LogP contribution is 2.47. The van der Waals surface area contributed by atoms with Crippen LogP contribution in [-0.4, -0.2) is 15.7 Å². The van der Waals surface area contributed by atoms with Gasteiger partial charge in [-0.2, -0.15) is 13.8 Å². The van der Waals surface area contributed by atoms with Crippen LogP contribution < -0.4 is 11.1 Å². The van der Waals surface area contributed by atoms with Crippen LogP contribution in [0.3, 0.4) is 0 Å². The Morgan fingerprint density at radius 2 is 2.05 bits per heavy atom. The predicted molar refractivity (Wildman–Crippen MR) is 83.6 cm³/mol. The van der Waals surface area contributed by atoms with E-state index in [2.05, 4.69) is 19.1 Å². The Hall–Kier alpha value is -1.90. The summed E-state index contributed by atoms with van der Waals surface area (Å²) in [5.41, 5.74) is 7.29. The molecule has 0 unspecified atom stereocenters. The van der Waals surface area contributed by atoms with Gasteiger partial charge >= 0.3 is 0 Å². The first-order valence-electron chi connectivity index (χ1n) is 5.68. The SMILES string of the molecule is Cn1ncc(C(=O)Nc2c(Cl)cc(Cl)c3c2N=S=N3)c1N. The number of amides is 1. The van der Waals surface area contributed by atoms with Gasteiger partial charge in [0.1, 0.15) is 22.8 Å². The van der Waals surface area contributed by atoms with Crippen LogP contribution in [0.15, 0.2) is 21.0 Å². The summed E-state index contributed by atoms with van der Waals surface area (Å²) in [6.07, 6.45) is 1.38. The zero-order chi connectivity index (χ0) is 15.1. The molecule has 3 N–H and O–H groups in total. The van der Waals surface area contributed by atoms with Gasteiger partial charge in [-0.25, -0.2) is 0 Å². The van der Waals surface area contributed by atoms with Gasteiger partial charge < -0.3 is 11.1 Å². The number of rotatable bonds is 2. The van der Waals surface area contributed by atoms with Gasteiger partial charge in [-0.1, -0.05) is 23.2 Å². The molecule has 2 aromatic rings. The summed E-state index contributed by atoms with van der Waals surface area (Å²) in [6.45, 7) is 0. The maximum Gasteiger partial charge on any atom is 0.261 e. The van der Waals surface area contributed by atoms with Crippen LogP contribution >= 0.6 is 23.2 Å². The molecule has 0 spiro atoms. The number of carbonyl (C=O) groups is 1. The molecule has 0 radical (unpaired) electrons. The number of carbonyl (C=O) groups excluding carboxylic acids is 1. The quantitative estimate of drug-likeness (QED) is 0.747. The Kier molecular flexibility index (Phi) is 3.44. The Morgan fingerprint density at radius 3 is 2.71 bits per heavy atom. The fraction of sp³-hybridized carbons (Fsp3) is 0.0909. The summed E-state index contributed by atoms with van der Waals surface area (Å²) >= 11 is 13.1. The van der Waals surface area contributed by atoms with Crippen LogP contribution in [0.25, 0.3) is 0 Å². The highest BCUT2D eigenvalue weighted by Gasteiger charge is 2.22. The van der Waals surface area contributed by atoms with Crippen molar-refractivity contribution in [2.45, 2.75) is 0 Å². The van der Waals surface area contributed by atoms with Crippen molar-refractivity contribution in [2.75, 3.05) is 11.1 Å². The molecule has 1 aromatic heterocycles. The lowest BCUT2D eigenvalue weighted by Crippen LogP contribution is -2.14. The van der Waals surface area contributed by atoms with Gasteiger partial charge in [-0.3, -0.25) is 9.48 Å². The van der Waals surface area contributed by atoms with E-state index in [1.54, 1.807) is 7.05 Å². The normalized spacial score (nSPS) is 12.1. The summed E-state index contributed by atoms with van der Waals surface area (Å²) in [4.78, 5) is 12.3. The second-order valence-electron chi connectivity index (χ2n) is 4.20. The van der Waals surface area contributed by atoms with Gasteiger partial charge in [0, 0.05) is 7.05 Å². The monoisotopic (exact) mass is 342 g/mol. The van der Waals surface area contributed by atoms with Crippen molar-refractivity contribution in [3.63, 3.8) is 0 Å². The molecule has 0 aliphatic carbocycles. The Bertz CT molecular complexity index is 840. The Balaban J connectivity index is 2.00. The van der Waals surface area contributed by atoms with E-state index < -0.39 is 5.91 Å². The molecule has 1 aromatic carbocycles. The molecule has 0 atom stereocenters. The zero-order valence-corrected chi connectivity index (χ0v) is 12.9. The van der Waals surface area contributed by atoms with E-state index in [0.29, 0.717) is 22.1 Å². The fourth-order valence-corrected chi connectivity index (χ4v) is 2.96. The highest BCUT2D eigenvalue weighted by atomic mass is 35.5. The zero-order valence-electron chi connectivity index (χ0n) is 10.6. The van der Waals surface area contributed by atoms with Crippen LogP contribution in [0.1, 0.15) is 10.4 Å². The lowest BCUT2D eigenvalue weighted by atomic mass is 10.2. The molecule has 3 rings (SSSR count). The maximum atomic E-state index is 12.3. The molecule has 0 bridgehead atoms. The molecule has 10 heteroatoms. The van der Waals surface area contributed by atoms with Crippen molar-refractivity contribution in [3.8, 4) is 0 Å². The van der Waals surface area contributed by atoms with E-state index in [4.69, 9.17) is 28.9 Å². The van der Waals surface area contributed by atoms with E-state index in [0.717, 1.165) is 11.4 Å². The number of nitrogen functional groups attached to an aromatic ring is 1.